The molecule has 1 aromatic rings. The van der Waals surface area contributed by atoms with Crippen LogP contribution < -0.4 is 0 Å². The molecule has 0 aromatic heterocycles. The molecule has 15 heavy (non-hydrogen) atoms. The summed E-state index contributed by atoms with van der Waals surface area (Å²) in [4.78, 5) is 11.6. The summed E-state index contributed by atoms with van der Waals surface area (Å²) in [5.74, 6) is 1.16. The van der Waals surface area contributed by atoms with Crippen LogP contribution in [0.1, 0.15) is 43.4 Å². The van der Waals surface area contributed by atoms with Crippen LogP contribution in [0.5, 0.6) is 0 Å². The number of carbonyl (C=O) groups excluding carboxylic acids is 1. The Morgan fingerprint density at radius 1 is 1.40 bits per heavy atom. The van der Waals surface area contributed by atoms with E-state index in [1.165, 1.54) is 16.7 Å². The Labute approximate surface area is 91.5 Å². The highest BCUT2D eigenvalue weighted by Gasteiger charge is 2.26. The molecule has 1 nitrogen and oxygen atoms in total. The van der Waals surface area contributed by atoms with Gasteiger partial charge in [0.2, 0.25) is 0 Å². The molecule has 1 heteroatoms. The second kappa shape index (κ2) is 3.80. The van der Waals surface area contributed by atoms with Gasteiger partial charge in [0.05, 0.1) is 0 Å². The van der Waals surface area contributed by atoms with Crippen molar-refractivity contribution in [1.82, 2.24) is 0 Å². The van der Waals surface area contributed by atoms with Gasteiger partial charge >= 0.3 is 0 Å². The molecule has 1 aromatic carbocycles. The van der Waals surface area contributed by atoms with Gasteiger partial charge in [-0.25, -0.2) is 0 Å². The number of carbonyl (C=O) groups is 1. The fourth-order valence-corrected chi connectivity index (χ4v) is 2.35. The summed E-state index contributed by atoms with van der Waals surface area (Å²) in [6.45, 7) is 6.46. The van der Waals surface area contributed by atoms with E-state index < -0.39 is 0 Å². The van der Waals surface area contributed by atoms with Crippen molar-refractivity contribution >= 4 is 5.78 Å². The van der Waals surface area contributed by atoms with Crippen molar-refractivity contribution in [3.05, 3.63) is 34.9 Å². The molecule has 0 saturated carbocycles. The van der Waals surface area contributed by atoms with Gasteiger partial charge in [-0.05, 0) is 29.0 Å². The second-order valence-corrected chi connectivity index (χ2v) is 5.00. The number of benzene rings is 1. The van der Waals surface area contributed by atoms with Crippen LogP contribution in [0.2, 0.25) is 0 Å². The fraction of sp³-hybridized carbons (Fsp3) is 0.500. The van der Waals surface area contributed by atoms with Crippen LogP contribution in [0.3, 0.4) is 0 Å². The first-order chi connectivity index (χ1) is 7.08. The molecule has 0 heterocycles. The van der Waals surface area contributed by atoms with E-state index in [2.05, 4.69) is 32.0 Å². The van der Waals surface area contributed by atoms with Crippen LogP contribution in [0.25, 0.3) is 0 Å². The molecule has 0 N–H and O–H groups in total. The lowest BCUT2D eigenvalue weighted by Crippen LogP contribution is -2.00. The lowest BCUT2D eigenvalue weighted by Gasteiger charge is -2.08. The Kier molecular flexibility index (Phi) is 2.64. The third-order valence-corrected chi connectivity index (χ3v) is 3.17. The first-order valence-electron chi connectivity index (χ1n) is 5.72. The van der Waals surface area contributed by atoms with Gasteiger partial charge in [0.15, 0.2) is 0 Å². The van der Waals surface area contributed by atoms with Gasteiger partial charge in [0, 0.05) is 12.3 Å². The minimum Gasteiger partial charge on any atom is -0.299 e. The number of rotatable bonds is 2. The maximum Gasteiger partial charge on any atom is 0.144 e. The third kappa shape index (κ3) is 1.97. The van der Waals surface area contributed by atoms with Crippen molar-refractivity contribution in [3.8, 4) is 0 Å². The molecule has 0 amide bonds. The minimum absolute atomic E-state index is 0.119. The van der Waals surface area contributed by atoms with Crippen LogP contribution in [-0.2, 0) is 17.6 Å². The molecule has 1 aliphatic carbocycles. The summed E-state index contributed by atoms with van der Waals surface area (Å²) < 4.78 is 0. The van der Waals surface area contributed by atoms with Crippen LogP contribution >= 0.6 is 0 Å². The number of ketones is 1. The normalized spacial score (nSPS) is 19.7. The highest BCUT2D eigenvalue weighted by Crippen LogP contribution is 2.30. The largest absolute Gasteiger partial charge is 0.299 e. The molecule has 0 bridgehead atoms. The number of hydrogen-bond donors (Lipinski definition) is 0. The topological polar surface area (TPSA) is 17.1 Å². The third-order valence-electron chi connectivity index (χ3n) is 3.17. The summed E-state index contributed by atoms with van der Waals surface area (Å²) in [6.07, 6.45) is 1.75. The summed E-state index contributed by atoms with van der Waals surface area (Å²) in [5.41, 5.74) is 3.86. The quantitative estimate of drug-likeness (QED) is 0.720. The summed E-state index contributed by atoms with van der Waals surface area (Å²) >= 11 is 0. The Balaban J connectivity index is 2.29. The predicted octanol–water partition coefficient (Wildman–Crippen LogP) is 3.11. The van der Waals surface area contributed by atoms with Crippen LogP contribution in [0.15, 0.2) is 18.2 Å². The highest BCUT2D eigenvalue weighted by atomic mass is 16.1. The zero-order valence-electron chi connectivity index (χ0n) is 9.71. The van der Waals surface area contributed by atoms with E-state index in [0.29, 0.717) is 18.1 Å². The standard InChI is InChI=1S/C14H18O/c1-9(2)6-11-4-5-13-10(3)14(15)8-12(13)7-11/h4-5,7,9-10H,6,8H2,1-3H3. The van der Waals surface area contributed by atoms with Crippen molar-refractivity contribution in [2.24, 2.45) is 5.92 Å². The molecule has 0 aliphatic heterocycles. The van der Waals surface area contributed by atoms with Gasteiger partial charge in [-0.15, -0.1) is 0 Å². The van der Waals surface area contributed by atoms with Gasteiger partial charge in [-0.2, -0.15) is 0 Å². The van der Waals surface area contributed by atoms with Gasteiger partial charge in [-0.1, -0.05) is 39.0 Å². The predicted molar refractivity (Wildman–Crippen MR) is 62.1 cm³/mol. The molecular formula is C14H18O. The monoisotopic (exact) mass is 202 g/mol. The molecule has 2 rings (SSSR count). The van der Waals surface area contributed by atoms with E-state index >= 15 is 0 Å². The highest BCUT2D eigenvalue weighted by molar-refractivity contribution is 5.92. The molecule has 0 saturated heterocycles. The summed E-state index contributed by atoms with van der Waals surface area (Å²) in [6, 6.07) is 6.54. The van der Waals surface area contributed by atoms with Crippen LogP contribution in [0.4, 0.5) is 0 Å². The Bertz CT molecular complexity index is 390. The molecule has 0 fully saturated rings. The number of fused-ring (bicyclic) bond motifs is 1. The van der Waals surface area contributed by atoms with Gasteiger partial charge < -0.3 is 0 Å². The lowest BCUT2D eigenvalue weighted by atomic mass is 9.97. The molecule has 0 radical (unpaired) electrons. The molecule has 1 atom stereocenters. The average Bonchev–Trinajstić information content (AvgIpc) is 2.41. The molecule has 1 unspecified atom stereocenters. The van der Waals surface area contributed by atoms with Crippen molar-refractivity contribution in [2.75, 3.05) is 0 Å². The molecular weight excluding hydrogens is 184 g/mol. The van der Waals surface area contributed by atoms with E-state index in [-0.39, 0.29) is 5.92 Å². The maximum atomic E-state index is 11.6. The smallest absolute Gasteiger partial charge is 0.144 e. The minimum atomic E-state index is 0.119. The van der Waals surface area contributed by atoms with Crippen LogP contribution in [-0.4, -0.2) is 5.78 Å². The van der Waals surface area contributed by atoms with E-state index in [4.69, 9.17) is 0 Å². The van der Waals surface area contributed by atoms with Crippen molar-refractivity contribution < 1.29 is 4.79 Å². The van der Waals surface area contributed by atoms with Crippen LogP contribution in [0, 0.1) is 5.92 Å². The maximum absolute atomic E-state index is 11.6. The molecule has 0 spiro atoms. The molecule has 80 valence electrons. The Hall–Kier alpha value is -1.11. The van der Waals surface area contributed by atoms with E-state index in [1.807, 2.05) is 6.92 Å². The Morgan fingerprint density at radius 3 is 2.80 bits per heavy atom. The fourth-order valence-electron chi connectivity index (χ4n) is 2.35. The van der Waals surface area contributed by atoms with Crippen molar-refractivity contribution in [2.45, 2.75) is 39.5 Å². The summed E-state index contributed by atoms with van der Waals surface area (Å²) in [7, 11) is 0. The molecule has 1 aliphatic rings. The average molecular weight is 202 g/mol. The zero-order chi connectivity index (χ0) is 11.0. The Morgan fingerprint density at radius 2 is 2.13 bits per heavy atom. The van der Waals surface area contributed by atoms with Crippen molar-refractivity contribution in [3.63, 3.8) is 0 Å². The first kappa shape index (κ1) is 10.4. The summed E-state index contributed by atoms with van der Waals surface area (Å²) in [5, 5.41) is 0. The van der Waals surface area contributed by atoms with E-state index in [1.54, 1.807) is 0 Å². The number of hydrogen-bond acceptors (Lipinski definition) is 1. The van der Waals surface area contributed by atoms with Gasteiger partial charge in [0.1, 0.15) is 5.78 Å². The second-order valence-electron chi connectivity index (χ2n) is 5.00. The first-order valence-corrected chi connectivity index (χ1v) is 5.72. The van der Waals surface area contributed by atoms with E-state index in [9.17, 15) is 4.79 Å². The van der Waals surface area contributed by atoms with Crippen molar-refractivity contribution in [1.29, 1.82) is 0 Å². The zero-order valence-corrected chi connectivity index (χ0v) is 9.71. The van der Waals surface area contributed by atoms with E-state index in [0.717, 1.165) is 6.42 Å². The number of Topliss-reactive ketones (excluding diaryl/α,β-unsaturated/α-hetero) is 1. The lowest BCUT2D eigenvalue weighted by molar-refractivity contribution is -0.118. The van der Waals surface area contributed by atoms with Gasteiger partial charge in [0.25, 0.3) is 0 Å². The SMILES string of the molecule is CC(C)Cc1ccc2c(c1)CC(=O)C2C. The van der Waals surface area contributed by atoms with Gasteiger partial charge in [-0.3, -0.25) is 4.79 Å².